The van der Waals surface area contributed by atoms with Crippen LogP contribution in [0.15, 0.2) is 24.3 Å². The van der Waals surface area contributed by atoms with Gasteiger partial charge in [-0.3, -0.25) is 14.9 Å². The number of alkyl carbamates (subject to hydrolysis) is 1. The number of carbonyl (C=O) groups excluding carboxylic acids is 2. The van der Waals surface area contributed by atoms with Crippen molar-refractivity contribution in [1.29, 1.82) is 0 Å². The van der Waals surface area contributed by atoms with Crippen LogP contribution in [0.5, 0.6) is 0 Å². The topological polar surface area (TPSA) is 145 Å². The molecule has 1 aromatic carbocycles. The van der Waals surface area contributed by atoms with Gasteiger partial charge in [-0.2, -0.15) is 0 Å². The quantitative estimate of drug-likeness (QED) is 0.422. The maximum atomic E-state index is 11.8. The molecule has 0 unspecified atom stereocenters. The molecule has 0 fully saturated rings. The Labute approximate surface area is 149 Å². The molecule has 0 aromatic heterocycles. The van der Waals surface area contributed by atoms with Crippen molar-refractivity contribution in [1.82, 2.24) is 5.32 Å². The zero-order valence-electron chi connectivity index (χ0n) is 14.6. The Balaban J connectivity index is 2.55. The third-order valence-electron chi connectivity index (χ3n) is 2.91. The summed E-state index contributed by atoms with van der Waals surface area (Å²) in [5, 5.41) is 21.7. The highest BCUT2D eigenvalue weighted by atomic mass is 16.6. The lowest BCUT2D eigenvalue weighted by atomic mass is 10.2. The van der Waals surface area contributed by atoms with Gasteiger partial charge in [-0.25, -0.2) is 9.59 Å². The van der Waals surface area contributed by atoms with E-state index in [1.165, 1.54) is 24.3 Å². The average Bonchev–Trinajstić information content (AvgIpc) is 2.50. The van der Waals surface area contributed by atoms with Crippen LogP contribution in [0.3, 0.4) is 0 Å². The molecule has 2 N–H and O–H groups in total. The third-order valence-corrected chi connectivity index (χ3v) is 2.91. The molecule has 0 bridgehead atoms. The minimum Gasteiger partial charge on any atom is -0.480 e. The number of hydrogen-bond donors (Lipinski definition) is 2. The van der Waals surface area contributed by atoms with Crippen molar-refractivity contribution in [3.05, 3.63) is 39.9 Å². The Kier molecular flexibility index (Phi) is 7.06. The van der Waals surface area contributed by atoms with Crippen molar-refractivity contribution in [2.75, 3.05) is 0 Å². The summed E-state index contributed by atoms with van der Waals surface area (Å²) in [6.45, 7) is 4.65. The first-order valence-corrected chi connectivity index (χ1v) is 7.59. The van der Waals surface area contributed by atoms with E-state index in [2.05, 4.69) is 5.32 Å². The number of hydrogen-bond acceptors (Lipinski definition) is 7. The lowest BCUT2D eigenvalue weighted by Gasteiger charge is -2.21. The second-order valence-corrected chi connectivity index (χ2v) is 6.33. The Hall–Kier alpha value is -3.17. The van der Waals surface area contributed by atoms with E-state index in [-0.39, 0.29) is 12.3 Å². The van der Waals surface area contributed by atoms with Crippen LogP contribution in [-0.2, 0) is 25.7 Å². The number of esters is 1. The first-order valence-electron chi connectivity index (χ1n) is 7.59. The highest BCUT2D eigenvalue weighted by Gasteiger charge is 2.26. The number of carbonyl (C=O) groups is 3. The molecule has 1 atom stereocenters. The third kappa shape index (κ3) is 7.60. The molecule has 0 aliphatic heterocycles. The van der Waals surface area contributed by atoms with E-state index in [4.69, 9.17) is 14.6 Å². The van der Waals surface area contributed by atoms with Crippen LogP contribution in [0.1, 0.15) is 32.8 Å². The number of non-ortho nitro benzene ring substituents is 1. The van der Waals surface area contributed by atoms with Crippen molar-refractivity contribution in [3.63, 3.8) is 0 Å². The Morgan fingerprint density at radius 3 is 2.27 bits per heavy atom. The van der Waals surface area contributed by atoms with Crippen molar-refractivity contribution in [3.8, 4) is 0 Å². The van der Waals surface area contributed by atoms with Gasteiger partial charge in [-0.1, -0.05) is 0 Å². The van der Waals surface area contributed by atoms with E-state index in [1.807, 2.05) is 0 Å². The van der Waals surface area contributed by atoms with E-state index in [9.17, 15) is 24.5 Å². The fourth-order valence-electron chi connectivity index (χ4n) is 1.75. The molecule has 10 nitrogen and oxygen atoms in total. The van der Waals surface area contributed by atoms with Gasteiger partial charge in [0.1, 0.15) is 18.2 Å². The summed E-state index contributed by atoms with van der Waals surface area (Å²) < 4.78 is 9.87. The molecule has 142 valence electrons. The normalized spacial score (nSPS) is 12.0. The first-order chi connectivity index (χ1) is 12.0. The number of amides is 1. The number of carboxylic acids is 1. The van der Waals surface area contributed by atoms with E-state index in [1.54, 1.807) is 20.8 Å². The number of nitro benzene ring substituents is 1. The number of nitrogens with one attached hydrogen (secondary N) is 1. The van der Waals surface area contributed by atoms with Crippen LogP contribution in [-0.4, -0.2) is 39.7 Å². The Morgan fingerprint density at radius 2 is 1.81 bits per heavy atom. The van der Waals surface area contributed by atoms with Crippen LogP contribution < -0.4 is 5.32 Å². The molecule has 0 saturated heterocycles. The second-order valence-electron chi connectivity index (χ2n) is 6.33. The Morgan fingerprint density at radius 1 is 1.23 bits per heavy atom. The lowest BCUT2D eigenvalue weighted by Crippen LogP contribution is -2.44. The van der Waals surface area contributed by atoms with E-state index in [0.717, 1.165) is 0 Å². The van der Waals surface area contributed by atoms with Gasteiger partial charge >= 0.3 is 18.0 Å². The molecule has 1 aromatic rings. The maximum Gasteiger partial charge on any atom is 0.408 e. The van der Waals surface area contributed by atoms with Gasteiger partial charge in [-0.15, -0.1) is 0 Å². The van der Waals surface area contributed by atoms with Crippen molar-refractivity contribution >= 4 is 23.7 Å². The van der Waals surface area contributed by atoms with Crippen LogP contribution in [0.2, 0.25) is 0 Å². The molecule has 26 heavy (non-hydrogen) atoms. The van der Waals surface area contributed by atoms with E-state index in [0.29, 0.717) is 5.56 Å². The number of aliphatic carboxylic acids is 1. The number of ether oxygens (including phenoxy) is 2. The van der Waals surface area contributed by atoms with Crippen LogP contribution >= 0.6 is 0 Å². The standard InChI is InChI=1S/C16H20N2O8/c1-16(2,3)26-15(22)17-12(14(20)21)8-13(19)25-9-10-4-6-11(7-5-10)18(23)24/h4-7,12H,8-9H2,1-3H3,(H,17,22)(H,20,21)/t12-/m0/s1. The fourth-order valence-corrected chi connectivity index (χ4v) is 1.75. The lowest BCUT2D eigenvalue weighted by molar-refractivity contribution is -0.384. The van der Waals surface area contributed by atoms with Gasteiger partial charge in [0.25, 0.3) is 5.69 Å². The predicted molar refractivity (Wildman–Crippen MR) is 88.3 cm³/mol. The van der Waals surface area contributed by atoms with Gasteiger partial charge < -0.3 is 19.9 Å². The largest absolute Gasteiger partial charge is 0.480 e. The number of carboxylic acid groups (broad SMARTS) is 1. The molecular weight excluding hydrogens is 348 g/mol. The van der Waals surface area contributed by atoms with Gasteiger partial charge in [0.15, 0.2) is 0 Å². The smallest absolute Gasteiger partial charge is 0.408 e. The van der Waals surface area contributed by atoms with Crippen LogP contribution in [0.4, 0.5) is 10.5 Å². The second kappa shape index (κ2) is 8.79. The van der Waals surface area contributed by atoms with Crippen LogP contribution in [0, 0.1) is 10.1 Å². The molecular formula is C16H20N2O8. The molecule has 0 aliphatic rings. The summed E-state index contributed by atoms with van der Waals surface area (Å²) in [5.41, 5.74) is -0.424. The number of rotatable bonds is 7. The summed E-state index contributed by atoms with van der Waals surface area (Å²) >= 11 is 0. The predicted octanol–water partition coefficient (Wildman–Crippen LogP) is 2.01. The summed E-state index contributed by atoms with van der Waals surface area (Å²) in [7, 11) is 0. The highest BCUT2D eigenvalue weighted by Crippen LogP contribution is 2.13. The molecule has 0 radical (unpaired) electrons. The van der Waals surface area contributed by atoms with Crippen molar-refractivity contribution in [2.45, 2.75) is 45.4 Å². The number of nitrogens with zero attached hydrogens (tertiary/aromatic N) is 1. The molecule has 1 rings (SSSR count). The number of nitro groups is 1. The van der Waals surface area contributed by atoms with Gasteiger partial charge in [0, 0.05) is 12.1 Å². The number of benzene rings is 1. The zero-order valence-corrected chi connectivity index (χ0v) is 14.6. The summed E-state index contributed by atoms with van der Waals surface area (Å²) in [6, 6.07) is 3.84. The van der Waals surface area contributed by atoms with E-state index < -0.39 is 41.0 Å². The van der Waals surface area contributed by atoms with E-state index >= 15 is 0 Å². The maximum absolute atomic E-state index is 11.8. The molecule has 0 heterocycles. The van der Waals surface area contributed by atoms with Crippen molar-refractivity contribution in [2.24, 2.45) is 0 Å². The van der Waals surface area contributed by atoms with Gasteiger partial charge in [0.2, 0.25) is 0 Å². The SMILES string of the molecule is CC(C)(C)OC(=O)N[C@@H](CC(=O)OCc1ccc([N+](=O)[O-])cc1)C(=O)O. The highest BCUT2D eigenvalue weighted by molar-refractivity contribution is 5.85. The van der Waals surface area contributed by atoms with Gasteiger partial charge in [-0.05, 0) is 38.5 Å². The monoisotopic (exact) mass is 368 g/mol. The first kappa shape index (κ1) is 20.9. The molecule has 0 saturated carbocycles. The Bertz CT molecular complexity index is 678. The minimum absolute atomic E-state index is 0.104. The van der Waals surface area contributed by atoms with Crippen LogP contribution in [0.25, 0.3) is 0 Å². The summed E-state index contributed by atoms with van der Waals surface area (Å²) in [4.78, 5) is 44.6. The summed E-state index contributed by atoms with van der Waals surface area (Å²) in [5.74, 6) is -2.27. The molecule has 1 amide bonds. The molecule has 10 heteroatoms. The molecule has 0 aliphatic carbocycles. The van der Waals surface area contributed by atoms with Crippen molar-refractivity contribution < 1.29 is 33.9 Å². The fraction of sp³-hybridized carbons (Fsp3) is 0.438. The molecule has 0 spiro atoms. The average molecular weight is 368 g/mol. The van der Waals surface area contributed by atoms with Gasteiger partial charge in [0.05, 0.1) is 11.3 Å². The minimum atomic E-state index is -1.51. The summed E-state index contributed by atoms with van der Waals surface area (Å²) in [6.07, 6.45) is -1.56. The zero-order chi connectivity index (χ0) is 19.9.